The average molecular weight is 338 g/mol. The molecule has 2 aromatic carbocycles. The Morgan fingerprint density at radius 1 is 1.35 bits per heavy atom. The van der Waals surface area contributed by atoms with Crippen molar-refractivity contribution in [3.05, 3.63) is 41.2 Å². The molecule has 0 aliphatic heterocycles. The Labute approximate surface area is 133 Å². The number of halogens is 1. The van der Waals surface area contributed by atoms with Crippen molar-refractivity contribution in [2.24, 2.45) is 0 Å². The number of fused-ring (bicyclic) bond motifs is 1. The molecule has 0 aliphatic rings. The molecule has 0 amide bonds. The summed E-state index contributed by atoms with van der Waals surface area (Å²) in [4.78, 5) is 17.3. The molecule has 0 bridgehead atoms. The van der Waals surface area contributed by atoms with E-state index in [-0.39, 0.29) is 11.5 Å². The number of phosphoric ester groups is 1. The number of phosphoric acid groups is 1. The van der Waals surface area contributed by atoms with Crippen molar-refractivity contribution in [1.29, 1.82) is 0 Å². The lowest BCUT2D eigenvalue weighted by Crippen LogP contribution is -2.03. The Morgan fingerprint density at radius 3 is 2.61 bits per heavy atom. The molecule has 0 unspecified atom stereocenters. The lowest BCUT2D eigenvalue weighted by Gasteiger charge is -2.16. The number of hydrogen-bond acceptors (Lipinski definition) is 3. The van der Waals surface area contributed by atoms with Gasteiger partial charge in [-0.2, -0.15) is 0 Å². The van der Waals surface area contributed by atoms with E-state index in [1.54, 1.807) is 18.2 Å². The van der Waals surface area contributed by atoms with Gasteiger partial charge >= 0.3 is 7.82 Å². The van der Waals surface area contributed by atoms with Crippen LogP contribution in [0.1, 0.15) is 30.9 Å². The first kappa shape index (κ1) is 17.5. The van der Waals surface area contributed by atoms with Gasteiger partial charge in [0.1, 0.15) is 11.6 Å². The summed E-state index contributed by atoms with van der Waals surface area (Å²) in [5.74, 6) is 2.29. The van der Waals surface area contributed by atoms with Gasteiger partial charge in [-0.3, -0.25) is 0 Å². The van der Waals surface area contributed by atoms with Crippen molar-refractivity contribution in [2.45, 2.75) is 19.8 Å². The van der Waals surface area contributed by atoms with E-state index >= 15 is 0 Å². The van der Waals surface area contributed by atoms with Gasteiger partial charge in [0.05, 0.1) is 5.56 Å². The van der Waals surface area contributed by atoms with Gasteiger partial charge in [-0.15, -0.1) is 6.42 Å². The third-order valence-corrected chi connectivity index (χ3v) is 3.73. The third kappa shape index (κ3) is 4.10. The van der Waals surface area contributed by atoms with Crippen LogP contribution in [-0.2, 0) is 9.09 Å². The summed E-state index contributed by atoms with van der Waals surface area (Å²) in [5.41, 5.74) is 0.963. The molecule has 0 saturated heterocycles. The van der Waals surface area contributed by atoms with Crippen LogP contribution in [0.5, 0.6) is 5.75 Å². The van der Waals surface area contributed by atoms with Crippen LogP contribution in [0.4, 0.5) is 4.39 Å². The normalized spacial score (nSPS) is 11.7. The van der Waals surface area contributed by atoms with Gasteiger partial charge < -0.3 is 14.5 Å². The van der Waals surface area contributed by atoms with E-state index in [2.05, 4.69) is 10.4 Å². The Balaban J connectivity index is 2.49. The highest BCUT2D eigenvalue weighted by molar-refractivity contribution is 7.46. The number of ether oxygens (including phenoxy) is 1. The van der Waals surface area contributed by atoms with E-state index in [9.17, 15) is 8.96 Å². The van der Waals surface area contributed by atoms with Gasteiger partial charge in [0.2, 0.25) is 0 Å². The lowest BCUT2D eigenvalue weighted by atomic mass is 9.92. The van der Waals surface area contributed by atoms with Crippen LogP contribution in [0.3, 0.4) is 0 Å². The van der Waals surface area contributed by atoms with Gasteiger partial charge in [0.15, 0.2) is 6.79 Å². The smallest absolute Gasteiger partial charge is 0.467 e. The second kappa shape index (κ2) is 6.69. The fourth-order valence-electron chi connectivity index (χ4n) is 2.29. The molecule has 0 atom stereocenters. The minimum absolute atomic E-state index is 0.0395. The molecule has 122 valence electrons. The highest BCUT2D eigenvalue weighted by atomic mass is 31.2. The largest absolute Gasteiger partial charge is 0.472 e. The molecule has 7 heteroatoms. The van der Waals surface area contributed by atoms with Crippen LogP contribution in [0.15, 0.2) is 24.3 Å². The van der Waals surface area contributed by atoms with Crippen LogP contribution in [-0.4, -0.2) is 16.6 Å². The number of hydrogen-bond donors (Lipinski definition) is 2. The van der Waals surface area contributed by atoms with Crippen molar-refractivity contribution < 1.29 is 28.0 Å². The molecule has 0 radical (unpaired) electrons. The Morgan fingerprint density at radius 2 is 2.04 bits per heavy atom. The topological polar surface area (TPSA) is 76.0 Å². The van der Waals surface area contributed by atoms with Gasteiger partial charge in [-0.05, 0) is 35.1 Å². The third-order valence-electron chi connectivity index (χ3n) is 3.28. The van der Waals surface area contributed by atoms with Crippen LogP contribution in [0.25, 0.3) is 10.8 Å². The van der Waals surface area contributed by atoms with E-state index in [1.165, 1.54) is 6.07 Å². The van der Waals surface area contributed by atoms with Crippen molar-refractivity contribution in [1.82, 2.24) is 0 Å². The van der Waals surface area contributed by atoms with Gasteiger partial charge in [-0.25, -0.2) is 13.5 Å². The van der Waals surface area contributed by atoms with Gasteiger partial charge in [0, 0.05) is 5.39 Å². The summed E-state index contributed by atoms with van der Waals surface area (Å²) in [5, 5.41) is 1.31. The fourth-order valence-corrected chi connectivity index (χ4v) is 2.48. The predicted octanol–water partition coefficient (Wildman–Crippen LogP) is 3.53. The summed E-state index contributed by atoms with van der Waals surface area (Å²) in [6.45, 7) is 3.25. The van der Waals surface area contributed by atoms with E-state index in [1.807, 2.05) is 13.8 Å². The second-order valence-electron chi connectivity index (χ2n) is 5.21. The maximum absolute atomic E-state index is 13.9. The maximum atomic E-state index is 13.9. The molecule has 0 aromatic heterocycles. The summed E-state index contributed by atoms with van der Waals surface area (Å²) < 4.78 is 34.1. The van der Waals surface area contributed by atoms with Crippen LogP contribution in [0, 0.1) is 18.2 Å². The first-order valence-corrected chi connectivity index (χ1v) is 8.31. The van der Waals surface area contributed by atoms with E-state index in [0.29, 0.717) is 16.5 Å². The van der Waals surface area contributed by atoms with E-state index in [4.69, 9.17) is 20.9 Å². The van der Waals surface area contributed by atoms with Crippen molar-refractivity contribution >= 4 is 18.6 Å². The molecule has 0 spiro atoms. The molecule has 2 N–H and O–H groups in total. The molecule has 2 rings (SSSR count). The highest BCUT2D eigenvalue weighted by Gasteiger charge is 2.16. The Hall–Kier alpha value is -1.90. The summed E-state index contributed by atoms with van der Waals surface area (Å²) in [6.07, 6.45) is 5.42. The molecule has 23 heavy (non-hydrogen) atoms. The first-order chi connectivity index (χ1) is 10.7. The second-order valence-corrected chi connectivity index (χ2v) is 6.45. The van der Waals surface area contributed by atoms with Crippen molar-refractivity contribution in [3.63, 3.8) is 0 Å². The zero-order valence-corrected chi connectivity index (χ0v) is 13.5. The van der Waals surface area contributed by atoms with Gasteiger partial charge in [0.25, 0.3) is 0 Å². The van der Waals surface area contributed by atoms with E-state index < -0.39 is 20.4 Å². The van der Waals surface area contributed by atoms with Crippen molar-refractivity contribution in [3.8, 4) is 18.1 Å². The summed E-state index contributed by atoms with van der Waals surface area (Å²) in [7, 11) is -4.60. The van der Waals surface area contributed by atoms with E-state index in [0.717, 1.165) is 5.56 Å². The summed E-state index contributed by atoms with van der Waals surface area (Å²) >= 11 is 0. The number of rotatable bonds is 5. The molecule has 2 aromatic rings. The monoisotopic (exact) mass is 338 g/mol. The molecule has 0 saturated carbocycles. The lowest BCUT2D eigenvalue weighted by molar-refractivity contribution is 0.0829. The van der Waals surface area contributed by atoms with Crippen LogP contribution in [0.2, 0.25) is 0 Å². The zero-order chi connectivity index (χ0) is 17.2. The molecule has 0 fully saturated rings. The Bertz CT molecular complexity index is 819. The maximum Gasteiger partial charge on any atom is 0.472 e. The SMILES string of the molecule is C#Cc1c(F)ccc2cc(OCOP(=O)(O)O)cc(C(C)C)c12. The molecule has 0 heterocycles. The van der Waals surface area contributed by atoms with Crippen molar-refractivity contribution in [2.75, 3.05) is 6.79 Å². The minimum atomic E-state index is -4.60. The highest BCUT2D eigenvalue weighted by Crippen LogP contribution is 2.37. The number of terminal acetylenes is 1. The van der Waals surface area contributed by atoms with Gasteiger partial charge in [-0.1, -0.05) is 25.8 Å². The molecular weight excluding hydrogens is 322 g/mol. The summed E-state index contributed by atoms with van der Waals surface area (Å²) in [6, 6.07) is 6.13. The van der Waals surface area contributed by atoms with Crippen LogP contribution < -0.4 is 4.74 Å². The first-order valence-electron chi connectivity index (χ1n) is 6.78. The predicted molar refractivity (Wildman–Crippen MR) is 84.6 cm³/mol. The number of benzene rings is 2. The zero-order valence-electron chi connectivity index (χ0n) is 12.6. The quantitative estimate of drug-likeness (QED) is 0.495. The molecular formula is C16H16FO5P. The Kier molecular flexibility index (Phi) is 5.08. The molecule has 0 aliphatic carbocycles. The average Bonchev–Trinajstić information content (AvgIpc) is 2.45. The fraction of sp³-hybridized carbons (Fsp3) is 0.250. The molecule has 5 nitrogen and oxygen atoms in total. The minimum Gasteiger partial charge on any atom is -0.467 e. The van der Waals surface area contributed by atoms with Crippen LogP contribution >= 0.6 is 7.82 Å². The standard InChI is InChI=1S/C16H16FO5P/c1-4-13-15(17)6-5-11-7-12(21-9-22-23(18,19)20)8-14(10(2)3)16(11)13/h1,5-8,10H,9H2,2-3H3,(H2,18,19,20).